The van der Waals surface area contributed by atoms with Crippen molar-refractivity contribution >= 4 is 29.0 Å². The van der Waals surface area contributed by atoms with Gasteiger partial charge in [-0.2, -0.15) is 0 Å². The molecule has 0 fully saturated rings. The molecule has 2 nitrogen and oxygen atoms in total. The van der Waals surface area contributed by atoms with Gasteiger partial charge < -0.3 is 5.32 Å². The topological polar surface area (TPSA) is 29.1 Å². The average Bonchev–Trinajstić information content (AvgIpc) is 2.52. The molecule has 1 rings (SSSR count). The second-order valence-electron chi connectivity index (χ2n) is 1.89. The van der Waals surface area contributed by atoms with Crippen LogP contribution < -0.4 is 5.32 Å². The molecule has 0 spiro atoms. The molecule has 0 unspecified atom stereocenters. The summed E-state index contributed by atoms with van der Waals surface area (Å²) in [6.07, 6.45) is 0. The van der Waals surface area contributed by atoms with Crippen LogP contribution in [0.15, 0.2) is 21.7 Å². The lowest BCUT2D eigenvalue weighted by molar-refractivity contribution is -0.118. The van der Waals surface area contributed by atoms with Gasteiger partial charge in [0.25, 0.3) is 0 Å². The van der Waals surface area contributed by atoms with Crippen molar-refractivity contribution in [1.82, 2.24) is 5.32 Å². The van der Waals surface area contributed by atoms with Crippen molar-refractivity contribution in [3.05, 3.63) is 17.5 Å². The van der Waals surface area contributed by atoms with Gasteiger partial charge in [0.05, 0.1) is 9.96 Å². The number of thiophene rings is 1. The molecule has 0 aromatic carbocycles. The van der Waals surface area contributed by atoms with Crippen molar-refractivity contribution in [3.63, 3.8) is 0 Å². The zero-order valence-corrected chi connectivity index (χ0v) is 7.80. The molecule has 0 saturated heterocycles. The fourth-order valence-electron chi connectivity index (χ4n) is 0.554. The van der Waals surface area contributed by atoms with Crippen LogP contribution in [-0.2, 0) is 4.79 Å². The van der Waals surface area contributed by atoms with Gasteiger partial charge >= 0.3 is 0 Å². The van der Waals surface area contributed by atoms with E-state index in [1.165, 1.54) is 4.21 Å². The molecule has 0 aliphatic rings. The molecule has 0 radical (unpaired) electrons. The SMILES string of the molecule is CNC(=O)CSc1cccs1. The first-order valence-corrected chi connectivity index (χ1v) is 5.06. The van der Waals surface area contributed by atoms with Gasteiger partial charge in [-0.3, -0.25) is 4.79 Å². The van der Waals surface area contributed by atoms with E-state index >= 15 is 0 Å². The van der Waals surface area contributed by atoms with Crippen LogP contribution in [0.5, 0.6) is 0 Å². The van der Waals surface area contributed by atoms with Crippen molar-refractivity contribution in [1.29, 1.82) is 0 Å². The number of amides is 1. The number of hydrogen-bond acceptors (Lipinski definition) is 3. The highest BCUT2D eigenvalue weighted by atomic mass is 32.2. The largest absolute Gasteiger partial charge is 0.358 e. The third-order valence-corrected chi connectivity index (χ3v) is 3.25. The van der Waals surface area contributed by atoms with Crippen molar-refractivity contribution in [2.45, 2.75) is 4.21 Å². The minimum Gasteiger partial charge on any atom is -0.358 e. The summed E-state index contributed by atoms with van der Waals surface area (Å²) in [6.45, 7) is 0. The molecule has 0 aliphatic carbocycles. The van der Waals surface area contributed by atoms with E-state index in [0.717, 1.165) is 0 Å². The number of carbonyl (C=O) groups excluding carboxylic acids is 1. The second-order valence-corrected chi connectivity index (χ2v) is 4.12. The molecule has 4 heteroatoms. The summed E-state index contributed by atoms with van der Waals surface area (Å²) in [4.78, 5) is 10.8. The van der Waals surface area contributed by atoms with Crippen molar-refractivity contribution in [3.8, 4) is 0 Å². The highest BCUT2D eigenvalue weighted by Gasteiger charge is 1.99. The number of nitrogens with one attached hydrogen (secondary N) is 1. The van der Waals surface area contributed by atoms with Gasteiger partial charge in [0.1, 0.15) is 0 Å². The van der Waals surface area contributed by atoms with E-state index in [-0.39, 0.29) is 5.91 Å². The Morgan fingerprint density at radius 2 is 2.64 bits per heavy atom. The van der Waals surface area contributed by atoms with Crippen molar-refractivity contribution < 1.29 is 4.79 Å². The van der Waals surface area contributed by atoms with Crippen LogP contribution in [0.1, 0.15) is 0 Å². The zero-order valence-electron chi connectivity index (χ0n) is 6.16. The number of hydrogen-bond donors (Lipinski definition) is 1. The van der Waals surface area contributed by atoms with Gasteiger partial charge in [-0.1, -0.05) is 6.07 Å². The van der Waals surface area contributed by atoms with Crippen LogP contribution in [0.4, 0.5) is 0 Å². The Bertz CT molecular complexity index is 220. The maximum atomic E-state index is 10.8. The van der Waals surface area contributed by atoms with Gasteiger partial charge in [-0.25, -0.2) is 0 Å². The first kappa shape index (κ1) is 8.62. The molecule has 1 aromatic rings. The number of thioether (sulfide) groups is 1. The Morgan fingerprint density at radius 3 is 3.18 bits per heavy atom. The Kier molecular flexibility index (Phi) is 3.45. The Balaban J connectivity index is 2.29. The zero-order chi connectivity index (χ0) is 8.10. The fourth-order valence-corrected chi connectivity index (χ4v) is 2.21. The highest BCUT2D eigenvalue weighted by molar-refractivity contribution is 8.01. The van der Waals surface area contributed by atoms with Crippen LogP contribution in [0.2, 0.25) is 0 Å². The molecule has 1 N–H and O–H groups in total. The molecule has 1 aromatic heterocycles. The van der Waals surface area contributed by atoms with E-state index in [1.54, 1.807) is 30.1 Å². The van der Waals surface area contributed by atoms with Gasteiger partial charge in [0, 0.05) is 7.05 Å². The van der Waals surface area contributed by atoms with Crippen LogP contribution in [-0.4, -0.2) is 18.7 Å². The maximum Gasteiger partial charge on any atom is 0.230 e. The quantitative estimate of drug-likeness (QED) is 0.728. The summed E-state index contributed by atoms with van der Waals surface area (Å²) >= 11 is 3.22. The number of rotatable bonds is 3. The highest BCUT2D eigenvalue weighted by Crippen LogP contribution is 2.22. The summed E-state index contributed by atoms with van der Waals surface area (Å²) in [5, 5.41) is 4.58. The molecule has 0 atom stereocenters. The Labute approximate surface area is 74.0 Å². The van der Waals surface area contributed by atoms with Crippen LogP contribution >= 0.6 is 23.1 Å². The molecule has 11 heavy (non-hydrogen) atoms. The molecule has 0 saturated carbocycles. The number of carbonyl (C=O) groups is 1. The van der Waals surface area contributed by atoms with E-state index in [9.17, 15) is 4.79 Å². The third-order valence-electron chi connectivity index (χ3n) is 1.12. The van der Waals surface area contributed by atoms with Crippen LogP contribution in [0.25, 0.3) is 0 Å². The normalized spacial score (nSPS) is 9.55. The summed E-state index contributed by atoms with van der Waals surface area (Å²) in [5.41, 5.74) is 0. The van der Waals surface area contributed by atoms with Crippen molar-refractivity contribution in [2.75, 3.05) is 12.8 Å². The minimum absolute atomic E-state index is 0.0726. The smallest absolute Gasteiger partial charge is 0.230 e. The fraction of sp³-hybridized carbons (Fsp3) is 0.286. The van der Waals surface area contributed by atoms with E-state index < -0.39 is 0 Å². The van der Waals surface area contributed by atoms with Gasteiger partial charge in [0.2, 0.25) is 5.91 Å². The maximum absolute atomic E-state index is 10.8. The molecular formula is C7H9NOS2. The molecular weight excluding hydrogens is 178 g/mol. The lowest BCUT2D eigenvalue weighted by Crippen LogP contribution is -2.19. The van der Waals surface area contributed by atoms with E-state index in [2.05, 4.69) is 5.32 Å². The first-order chi connectivity index (χ1) is 5.33. The van der Waals surface area contributed by atoms with Gasteiger partial charge in [-0.15, -0.1) is 23.1 Å². The lowest BCUT2D eigenvalue weighted by Gasteiger charge is -1.95. The third kappa shape index (κ3) is 2.95. The van der Waals surface area contributed by atoms with E-state index in [0.29, 0.717) is 5.75 Å². The van der Waals surface area contributed by atoms with Gasteiger partial charge in [-0.05, 0) is 11.4 Å². The Hall–Kier alpha value is -0.480. The monoisotopic (exact) mass is 187 g/mol. The lowest BCUT2D eigenvalue weighted by atomic mass is 10.7. The summed E-state index contributed by atoms with van der Waals surface area (Å²) in [7, 11) is 1.65. The van der Waals surface area contributed by atoms with Gasteiger partial charge in [0.15, 0.2) is 0 Å². The first-order valence-electron chi connectivity index (χ1n) is 3.20. The van der Waals surface area contributed by atoms with Crippen molar-refractivity contribution in [2.24, 2.45) is 0 Å². The van der Waals surface area contributed by atoms with E-state index in [4.69, 9.17) is 0 Å². The molecule has 0 aliphatic heterocycles. The molecule has 60 valence electrons. The predicted octanol–water partition coefficient (Wildman–Crippen LogP) is 1.59. The molecule has 1 amide bonds. The van der Waals surface area contributed by atoms with Crippen LogP contribution in [0, 0.1) is 0 Å². The predicted molar refractivity (Wildman–Crippen MR) is 49.1 cm³/mol. The molecule has 0 bridgehead atoms. The Morgan fingerprint density at radius 1 is 1.82 bits per heavy atom. The summed E-state index contributed by atoms with van der Waals surface area (Å²) in [6, 6.07) is 4.00. The molecule has 1 heterocycles. The second kappa shape index (κ2) is 4.41. The standard InChI is InChI=1S/C7H9NOS2/c1-8-6(9)5-11-7-3-2-4-10-7/h2-4H,5H2,1H3,(H,8,9). The summed E-state index contributed by atoms with van der Waals surface area (Å²) < 4.78 is 1.19. The summed E-state index contributed by atoms with van der Waals surface area (Å²) in [5.74, 6) is 0.584. The minimum atomic E-state index is 0.0726. The van der Waals surface area contributed by atoms with E-state index in [1.807, 2.05) is 17.5 Å². The average molecular weight is 187 g/mol. The van der Waals surface area contributed by atoms with Crippen LogP contribution in [0.3, 0.4) is 0 Å².